The van der Waals surface area contributed by atoms with E-state index in [-0.39, 0.29) is 24.0 Å². The third-order valence-corrected chi connectivity index (χ3v) is 10.5. The lowest BCUT2D eigenvalue weighted by Gasteiger charge is -2.42. The van der Waals surface area contributed by atoms with Crippen molar-refractivity contribution in [2.24, 2.45) is 35.5 Å². The van der Waals surface area contributed by atoms with E-state index in [4.69, 9.17) is 18.5 Å². The van der Waals surface area contributed by atoms with E-state index in [1.165, 1.54) is 0 Å². The molecule has 0 saturated heterocycles. The quantitative estimate of drug-likeness (QED) is 0.314. The number of hydrogen-bond acceptors (Lipinski definition) is 6. The third kappa shape index (κ3) is 6.87. The molecule has 0 aliphatic heterocycles. The third-order valence-electron chi connectivity index (χ3n) is 8.49. The molecule has 2 aliphatic carbocycles. The first-order valence-corrected chi connectivity index (χ1v) is 15.5. The molecule has 2 aliphatic rings. The smallest absolute Gasteiger partial charge is 0.363 e. The van der Waals surface area contributed by atoms with Crippen molar-refractivity contribution in [3.05, 3.63) is 23.8 Å². The van der Waals surface area contributed by atoms with Crippen LogP contribution in [0.5, 0.6) is 11.5 Å². The highest BCUT2D eigenvalue weighted by Gasteiger charge is 2.46. The van der Waals surface area contributed by atoms with E-state index in [1.807, 2.05) is 0 Å². The van der Waals surface area contributed by atoms with Gasteiger partial charge in [0.25, 0.3) is 0 Å². The molecule has 2 fully saturated rings. The Bertz CT molecular complexity index is 849. The fourth-order valence-corrected chi connectivity index (χ4v) is 8.23. The Morgan fingerprint density at radius 3 is 1.69 bits per heavy atom. The van der Waals surface area contributed by atoms with Gasteiger partial charge in [0.1, 0.15) is 0 Å². The highest BCUT2D eigenvalue weighted by Crippen LogP contribution is 2.64. The molecule has 6 nitrogen and oxygen atoms in total. The zero-order valence-electron chi connectivity index (χ0n) is 23.6. The summed E-state index contributed by atoms with van der Waals surface area (Å²) in [6.07, 6.45) is 5.56. The van der Waals surface area contributed by atoms with Crippen LogP contribution in [0.4, 0.5) is 0 Å². The Morgan fingerprint density at radius 1 is 0.806 bits per heavy atom. The highest BCUT2D eigenvalue weighted by atomic mass is 31.2. The van der Waals surface area contributed by atoms with Crippen LogP contribution < -0.4 is 9.47 Å². The predicted octanol–water partition coefficient (Wildman–Crippen LogP) is 7.84. The Morgan fingerprint density at radius 2 is 1.28 bits per heavy atom. The first kappa shape index (κ1) is 29.5. The summed E-state index contributed by atoms with van der Waals surface area (Å²) in [4.78, 5) is 0. The van der Waals surface area contributed by atoms with Crippen molar-refractivity contribution in [1.82, 2.24) is 0 Å². The van der Waals surface area contributed by atoms with Crippen LogP contribution in [0.3, 0.4) is 0 Å². The van der Waals surface area contributed by atoms with Crippen LogP contribution in [0, 0.1) is 35.5 Å². The molecule has 7 heteroatoms. The molecule has 1 aromatic rings. The number of benzene rings is 1. The van der Waals surface area contributed by atoms with Crippen LogP contribution in [0.15, 0.2) is 18.2 Å². The van der Waals surface area contributed by atoms with Crippen LogP contribution in [0.1, 0.15) is 91.5 Å². The molecule has 1 aromatic carbocycles. The topological polar surface area (TPSA) is 74.2 Å². The first-order chi connectivity index (χ1) is 17.0. The van der Waals surface area contributed by atoms with Crippen molar-refractivity contribution in [2.75, 3.05) is 14.2 Å². The van der Waals surface area contributed by atoms with E-state index < -0.39 is 13.4 Å². The van der Waals surface area contributed by atoms with Gasteiger partial charge in [-0.05, 0) is 78.9 Å². The van der Waals surface area contributed by atoms with E-state index in [0.717, 1.165) is 38.5 Å². The summed E-state index contributed by atoms with van der Waals surface area (Å²) in [5.41, 5.74) is 0.450. The van der Waals surface area contributed by atoms with E-state index in [1.54, 1.807) is 32.4 Å². The second-order valence-electron chi connectivity index (χ2n) is 12.0. The molecular weight excluding hydrogens is 475 g/mol. The molecule has 0 spiro atoms. The molecule has 36 heavy (non-hydrogen) atoms. The van der Waals surface area contributed by atoms with Crippen molar-refractivity contribution < 1.29 is 28.2 Å². The average molecular weight is 525 g/mol. The Labute approximate surface area is 219 Å². The van der Waals surface area contributed by atoms with Gasteiger partial charge in [0.15, 0.2) is 17.3 Å². The van der Waals surface area contributed by atoms with Crippen LogP contribution in [-0.4, -0.2) is 31.5 Å². The molecule has 0 radical (unpaired) electrons. The summed E-state index contributed by atoms with van der Waals surface area (Å²) in [5, 5.41) is 11.7. The first-order valence-electron chi connectivity index (χ1n) is 13.9. The van der Waals surface area contributed by atoms with Gasteiger partial charge in [-0.3, -0.25) is 4.57 Å². The van der Waals surface area contributed by atoms with Gasteiger partial charge in [0.2, 0.25) is 0 Å². The molecule has 8 atom stereocenters. The molecule has 0 aromatic heterocycles. The van der Waals surface area contributed by atoms with Crippen molar-refractivity contribution in [1.29, 1.82) is 0 Å². The van der Waals surface area contributed by atoms with Crippen molar-refractivity contribution in [2.45, 2.75) is 98.1 Å². The van der Waals surface area contributed by atoms with Gasteiger partial charge >= 0.3 is 7.60 Å². The number of aliphatic hydroxyl groups is 1. The summed E-state index contributed by atoms with van der Waals surface area (Å²) in [6, 6.07) is 5.12. The Hall–Kier alpha value is -1.07. The minimum Gasteiger partial charge on any atom is -0.493 e. The molecule has 2 saturated carbocycles. The second kappa shape index (κ2) is 12.7. The molecule has 0 bridgehead atoms. The Kier molecular flexibility index (Phi) is 10.4. The van der Waals surface area contributed by atoms with E-state index in [9.17, 15) is 9.67 Å². The number of methoxy groups -OCH3 is 2. The number of ether oxygens (including phenoxy) is 2. The van der Waals surface area contributed by atoms with Gasteiger partial charge in [-0.2, -0.15) is 0 Å². The maximum Gasteiger partial charge on any atom is 0.363 e. The van der Waals surface area contributed by atoms with Crippen molar-refractivity contribution >= 4 is 7.60 Å². The summed E-state index contributed by atoms with van der Waals surface area (Å²) >= 11 is 0. The molecule has 1 N–H and O–H groups in total. The normalized spacial score (nSPS) is 31.8. The monoisotopic (exact) mass is 524 g/mol. The summed E-state index contributed by atoms with van der Waals surface area (Å²) < 4.78 is 38.7. The average Bonchev–Trinajstić information content (AvgIpc) is 2.82. The zero-order chi connectivity index (χ0) is 26.6. The number of rotatable bonds is 10. The van der Waals surface area contributed by atoms with E-state index in [2.05, 4.69) is 41.5 Å². The SMILES string of the molecule is COc1ccc([C@H](O)P(=O)(O[C@H]2C[C@@H](C)CC[C@@H]2C(C)C)O[C@@H]2C[C@@H](C)CC[C@@H]2C(C)C)cc1OC. The molecular formula is C29H49O6P. The van der Waals surface area contributed by atoms with Crippen LogP contribution in [0.25, 0.3) is 0 Å². The van der Waals surface area contributed by atoms with Crippen molar-refractivity contribution in [3.63, 3.8) is 0 Å². The molecule has 0 heterocycles. The Balaban J connectivity index is 2.00. The van der Waals surface area contributed by atoms with Gasteiger partial charge in [-0.15, -0.1) is 0 Å². The maximum absolute atomic E-state index is 14.8. The number of hydrogen-bond donors (Lipinski definition) is 1. The zero-order valence-corrected chi connectivity index (χ0v) is 24.5. The summed E-state index contributed by atoms with van der Waals surface area (Å²) in [7, 11) is -0.854. The predicted molar refractivity (Wildman–Crippen MR) is 145 cm³/mol. The standard InChI is InChI=1S/C29H49O6P/c1-18(2)23-12-9-20(5)15-26(23)34-36(31,35-27-16-21(6)10-13-24(27)19(3)4)29(30)22-11-14-25(32-7)28(17-22)33-8/h11,14,17-21,23-24,26-27,29-30H,9-10,12-13,15-16H2,1-8H3/t20-,21-,23+,24+,26-,27+,29+,36?/m0/s1. The fourth-order valence-electron chi connectivity index (χ4n) is 6.19. The van der Waals surface area contributed by atoms with Gasteiger partial charge in [-0.1, -0.05) is 60.5 Å². The summed E-state index contributed by atoms with van der Waals surface area (Å²) in [5.74, 6) is 1.92. The number of aliphatic hydroxyl groups excluding tert-OH is 1. The minimum atomic E-state index is -3.97. The molecule has 0 amide bonds. The lowest BCUT2D eigenvalue weighted by atomic mass is 9.75. The highest BCUT2D eigenvalue weighted by molar-refractivity contribution is 7.54. The van der Waals surface area contributed by atoms with Crippen molar-refractivity contribution in [3.8, 4) is 11.5 Å². The minimum absolute atomic E-state index is 0.215. The van der Waals surface area contributed by atoms with Crippen LogP contribution in [-0.2, 0) is 13.6 Å². The molecule has 3 rings (SSSR count). The van der Waals surface area contributed by atoms with Crippen LogP contribution >= 0.6 is 7.60 Å². The lowest BCUT2D eigenvalue weighted by molar-refractivity contribution is -0.0154. The van der Waals surface area contributed by atoms with E-state index >= 15 is 0 Å². The van der Waals surface area contributed by atoms with Gasteiger partial charge in [0.05, 0.1) is 26.4 Å². The van der Waals surface area contributed by atoms with Gasteiger partial charge in [-0.25, -0.2) is 0 Å². The largest absolute Gasteiger partial charge is 0.493 e. The maximum atomic E-state index is 14.8. The molecule has 1 unspecified atom stereocenters. The fraction of sp³-hybridized carbons (Fsp3) is 0.793. The van der Waals surface area contributed by atoms with Gasteiger partial charge < -0.3 is 23.6 Å². The summed E-state index contributed by atoms with van der Waals surface area (Å²) in [6.45, 7) is 13.2. The van der Waals surface area contributed by atoms with Crippen LogP contribution in [0.2, 0.25) is 0 Å². The second-order valence-corrected chi connectivity index (χ2v) is 14.0. The lowest BCUT2D eigenvalue weighted by Crippen LogP contribution is -2.37. The molecule has 206 valence electrons. The van der Waals surface area contributed by atoms with E-state index in [0.29, 0.717) is 40.7 Å². The van der Waals surface area contributed by atoms with Gasteiger partial charge in [0, 0.05) is 0 Å².